The minimum absolute atomic E-state index is 0.0115. The lowest BCUT2D eigenvalue weighted by atomic mass is 9.83. The van der Waals surface area contributed by atoms with Gasteiger partial charge < -0.3 is 0 Å². The van der Waals surface area contributed by atoms with Gasteiger partial charge in [0, 0.05) is 27.5 Å². The van der Waals surface area contributed by atoms with E-state index in [9.17, 15) is 11.0 Å². The van der Waals surface area contributed by atoms with Crippen LogP contribution in [0.5, 0.6) is 0 Å². The van der Waals surface area contributed by atoms with E-state index in [-0.39, 0.29) is 29.5 Å². The monoisotopic (exact) mass is 405 g/mol. The first kappa shape index (κ1) is 15.3. The molecule has 28 heavy (non-hydrogen) atoms. The molecule has 0 heterocycles. The summed E-state index contributed by atoms with van der Waals surface area (Å²) in [4.78, 5) is 29.1. The van der Waals surface area contributed by atoms with Crippen molar-refractivity contribution in [2.24, 2.45) is 41.4 Å². The summed E-state index contributed by atoms with van der Waals surface area (Å²) in [5.41, 5.74) is 0. The summed E-state index contributed by atoms with van der Waals surface area (Å²) in [6, 6.07) is 20.0. The third-order valence-corrected chi connectivity index (χ3v) is 10.4. The number of fused-ring (bicyclic) bond motifs is 2. The van der Waals surface area contributed by atoms with Crippen LogP contribution < -0.4 is 0 Å². The average molecular weight is 406 g/mol. The molecule has 0 N–H and O–H groups in total. The van der Waals surface area contributed by atoms with E-state index in [2.05, 4.69) is 12.1 Å². The van der Waals surface area contributed by atoms with Crippen LogP contribution in [0.25, 0.3) is 0 Å². The molecule has 140 valence electrons. The Balaban J connectivity index is 1.35. The molecule has 0 spiro atoms. The molecule has 6 aliphatic rings. The first-order valence-electron chi connectivity index (χ1n) is 10.6. The van der Waals surface area contributed by atoms with Crippen LogP contribution in [0.1, 0.15) is 7.79 Å². The third-order valence-electron chi connectivity index (χ3n) is 7.60. The van der Waals surface area contributed by atoms with Crippen molar-refractivity contribution in [2.75, 3.05) is 0 Å². The van der Waals surface area contributed by atoms with Gasteiger partial charge in [-0.1, -0.05) is 36.4 Å². The minimum atomic E-state index is -1.26. The Morgan fingerprint density at radius 3 is 2.14 bits per heavy atom. The van der Waals surface area contributed by atoms with Crippen LogP contribution in [0.2, 0.25) is 0 Å². The largest absolute Gasteiger partial charge is 0.298 e. The molecule has 2 aromatic carbocycles. The SMILES string of the molecule is [2H][C@@]1(Sc2ccccc2)C(=O)[C@@H]2C[C@@H]2[C@H]1[C@]1(Sc2ccccc2)C(=O)C2[C@@H]3C1[C@H]23. The van der Waals surface area contributed by atoms with Crippen molar-refractivity contribution in [3.63, 3.8) is 0 Å². The first-order valence-corrected chi connectivity index (χ1v) is 11.8. The van der Waals surface area contributed by atoms with Crippen molar-refractivity contribution in [3.05, 3.63) is 60.7 Å². The maximum atomic E-state index is 13.7. The molecular formula is C24H20O2S2. The summed E-state index contributed by atoms with van der Waals surface area (Å²) in [7, 11) is 0. The predicted octanol–water partition coefficient (Wildman–Crippen LogP) is 4.59. The van der Waals surface area contributed by atoms with Crippen LogP contribution in [-0.4, -0.2) is 21.5 Å². The summed E-state index contributed by atoms with van der Waals surface area (Å²) in [5, 5.41) is -1.26. The molecule has 0 aliphatic heterocycles. The van der Waals surface area contributed by atoms with Crippen molar-refractivity contribution < 1.29 is 11.0 Å². The molecule has 6 fully saturated rings. The Labute approximate surface area is 174 Å². The Hall–Kier alpha value is -1.52. The van der Waals surface area contributed by atoms with Gasteiger partial charge in [0.2, 0.25) is 0 Å². The minimum Gasteiger partial charge on any atom is -0.298 e. The third kappa shape index (κ3) is 1.94. The smallest absolute Gasteiger partial charge is 0.153 e. The number of Topliss-reactive ketones (excluding diaryl/α,β-unsaturated/α-hetero) is 2. The highest BCUT2D eigenvalue weighted by Gasteiger charge is 2.92. The highest BCUT2D eigenvalue weighted by atomic mass is 32.2. The van der Waals surface area contributed by atoms with Crippen LogP contribution in [0, 0.1) is 41.4 Å². The van der Waals surface area contributed by atoms with Crippen molar-refractivity contribution in [1.82, 2.24) is 0 Å². The van der Waals surface area contributed by atoms with E-state index in [0.717, 1.165) is 16.2 Å². The molecule has 0 saturated heterocycles. The van der Waals surface area contributed by atoms with E-state index in [1.165, 1.54) is 11.8 Å². The van der Waals surface area contributed by atoms with Gasteiger partial charge >= 0.3 is 0 Å². The molecule has 2 aromatic rings. The van der Waals surface area contributed by atoms with Gasteiger partial charge in [-0.25, -0.2) is 0 Å². The van der Waals surface area contributed by atoms with Gasteiger partial charge in [0.25, 0.3) is 0 Å². The van der Waals surface area contributed by atoms with E-state index in [0.29, 0.717) is 23.5 Å². The van der Waals surface area contributed by atoms with Crippen molar-refractivity contribution in [2.45, 2.75) is 26.2 Å². The number of carbonyl (C=O) groups excluding carboxylic acids is 2. The van der Waals surface area contributed by atoms with Gasteiger partial charge in [0.05, 0.1) is 11.3 Å². The fourth-order valence-corrected chi connectivity index (χ4v) is 9.40. The molecule has 8 rings (SSSR count). The second kappa shape index (κ2) is 5.34. The molecule has 6 saturated carbocycles. The normalized spacial score (nSPS) is 49.4. The zero-order chi connectivity index (χ0) is 19.5. The fourth-order valence-electron chi connectivity index (χ4n) is 6.25. The molecule has 0 aromatic heterocycles. The van der Waals surface area contributed by atoms with Crippen LogP contribution in [-0.2, 0) is 9.59 Å². The Morgan fingerprint density at radius 1 is 0.893 bits per heavy atom. The highest BCUT2D eigenvalue weighted by molar-refractivity contribution is 8.02. The van der Waals surface area contributed by atoms with Gasteiger partial charge in [-0.05, 0) is 54.4 Å². The Kier molecular flexibility index (Phi) is 2.92. The Morgan fingerprint density at radius 2 is 1.54 bits per heavy atom. The maximum Gasteiger partial charge on any atom is 0.153 e. The molecule has 2 unspecified atom stereocenters. The van der Waals surface area contributed by atoms with E-state index >= 15 is 0 Å². The van der Waals surface area contributed by atoms with Gasteiger partial charge in [-0.15, -0.1) is 23.5 Å². The number of benzene rings is 2. The van der Waals surface area contributed by atoms with Crippen LogP contribution >= 0.6 is 23.5 Å². The lowest BCUT2D eigenvalue weighted by Gasteiger charge is -2.38. The number of rotatable bonds is 5. The highest BCUT2D eigenvalue weighted by Crippen LogP contribution is 2.88. The van der Waals surface area contributed by atoms with E-state index < -0.39 is 9.97 Å². The van der Waals surface area contributed by atoms with E-state index in [1.807, 2.05) is 48.5 Å². The number of carbonyl (C=O) groups is 2. The first-order chi connectivity index (χ1) is 14.1. The zero-order valence-corrected chi connectivity index (χ0v) is 16.8. The van der Waals surface area contributed by atoms with Crippen LogP contribution in [0.15, 0.2) is 70.5 Å². The summed E-state index contributed by atoms with van der Waals surface area (Å²) < 4.78 is 8.87. The second-order valence-electron chi connectivity index (χ2n) is 8.91. The van der Waals surface area contributed by atoms with E-state index in [1.54, 1.807) is 11.8 Å². The summed E-state index contributed by atoms with van der Waals surface area (Å²) in [6.45, 7) is 0. The fraction of sp³-hybridized carbons (Fsp3) is 0.417. The standard InChI is InChI=1S/C24H20O2S2/c25-21-15-11-14(15)19(22(21)27-12-7-3-1-4-8-12)24(28-13-9-5-2-6-10-13)20-16-17(20)18(16)23(24)26/h1-10,14-20,22H,11H2/t14-,15+,16-,17+,18?,19+,20?,22-,24+/m0/s1/i22D. The Bertz CT molecular complexity index is 1050. The number of ketones is 2. The molecule has 6 aliphatic carbocycles. The van der Waals surface area contributed by atoms with Crippen LogP contribution in [0.3, 0.4) is 0 Å². The van der Waals surface area contributed by atoms with Gasteiger partial charge in [0.1, 0.15) is 5.78 Å². The second-order valence-corrected chi connectivity index (χ2v) is 11.4. The topological polar surface area (TPSA) is 34.1 Å². The lowest BCUT2D eigenvalue weighted by molar-refractivity contribution is -0.121. The van der Waals surface area contributed by atoms with Crippen molar-refractivity contribution in [1.29, 1.82) is 0 Å². The summed E-state index contributed by atoms with van der Waals surface area (Å²) in [6.07, 6.45) is 0.872. The number of hydrogen-bond donors (Lipinski definition) is 0. The van der Waals surface area contributed by atoms with Crippen molar-refractivity contribution >= 4 is 35.1 Å². The molecule has 9 atom stereocenters. The average Bonchev–Trinajstić information content (AvgIpc) is 3.63. The van der Waals surface area contributed by atoms with E-state index in [4.69, 9.17) is 0 Å². The molecule has 2 bridgehead atoms. The summed E-state index contributed by atoms with van der Waals surface area (Å²) in [5.74, 6) is 2.08. The number of hydrogen-bond acceptors (Lipinski definition) is 4. The predicted molar refractivity (Wildman–Crippen MR) is 110 cm³/mol. The van der Waals surface area contributed by atoms with Gasteiger partial charge in [-0.2, -0.15) is 0 Å². The number of thioether (sulfide) groups is 2. The molecule has 2 nitrogen and oxygen atoms in total. The molecule has 0 radical (unpaired) electrons. The van der Waals surface area contributed by atoms with Crippen molar-refractivity contribution in [3.8, 4) is 0 Å². The molecule has 0 amide bonds. The molecular weight excluding hydrogens is 384 g/mol. The molecule has 4 heteroatoms. The van der Waals surface area contributed by atoms with Gasteiger partial charge in [0.15, 0.2) is 5.78 Å². The maximum absolute atomic E-state index is 13.7. The lowest BCUT2D eigenvalue weighted by Crippen LogP contribution is -2.46. The quantitative estimate of drug-likeness (QED) is 0.729. The van der Waals surface area contributed by atoms with Gasteiger partial charge in [-0.3, -0.25) is 9.59 Å². The summed E-state index contributed by atoms with van der Waals surface area (Å²) >= 11 is 3.07. The zero-order valence-electron chi connectivity index (χ0n) is 16.2. The van der Waals surface area contributed by atoms with Crippen LogP contribution in [0.4, 0.5) is 0 Å².